The highest BCUT2D eigenvalue weighted by Crippen LogP contribution is 2.43. The standard InChI is InChI=1S/C31H36F6O4/c1-19-2-4-20(5-3-19)21-6-8-22(9-7-21)24-17-38-29(39-18-24)23-10-12-25(13-11-23)30(33,34)40-26-14-15-28(27(32)16-26)41-31(35,36)37/h6-9,14-16,19-20,23-25,29H,2-5,10-13,17-18H2,1H3. The SMILES string of the molecule is CC1CCC(c2ccc(C3COC(C4CCC(C(F)(F)Oc5ccc(OC(F)(F)F)c(F)c5)CC4)OC3)cc2)CC1. The molecule has 0 unspecified atom stereocenters. The Kier molecular flexibility index (Phi) is 9.09. The van der Waals surface area contributed by atoms with E-state index in [2.05, 4.69) is 35.9 Å². The third kappa shape index (κ3) is 7.69. The average molecular weight is 587 g/mol. The van der Waals surface area contributed by atoms with E-state index >= 15 is 0 Å². The van der Waals surface area contributed by atoms with Gasteiger partial charge in [-0.15, -0.1) is 13.2 Å². The van der Waals surface area contributed by atoms with Gasteiger partial charge in [-0.3, -0.25) is 0 Å². The molecule has 1 heterocycles. The first kappa shape index (κ1) is 30.0. The molecule has 4 nitrogen and oxygen atoms in total. The van der Waals surface area contributed by atoms with Gasteiger partial charge in [-0.05, 0) is 73.6 Å². The Hall–Kier alpha value is -2.46. The molecule has 2 aromatic rings. The summed E-state index contributed by atoms with van der Waals surface area (Å²) in [5.74, 6) is -2.73. The first-order valence-electron chi connectivity index (χ1n) is 14.4. The number of rotatable bonds is 7. The molecule has 3 aliphatic rings. The molecule has 2 aliphatic carbocycles. The minimum absolute atomic E-state index is 0.0321. The van der Waals surface area contributed by atoms with Gasteiger partial charge in [0.1, 0.15) is 5.75 Å². The second-order valence-electron chi connectivity index (χ2n) is 11.8. The molecule has 1 saturated heterocycles. The summed E-state index contributed by atoms with van der Waals surface area (Å²) in [6.45, 7) is 3.33. The van der Waals surface area contributed by atoms with Gasteiger partial charge in [0.15, 0.2) is 17.9 Å². The van der Waals surface area contributed by atoms with Crippen molar-refractivity contribution >= 4 is 0 Å². The van der Waals surface area contributed by atoms with Crippen LogP contribution in [0.1, 0.15) is 81.3 Å². The maximum atomic E-state index is 14.9. The normalized spacial score (nSPS) is 29.6. The molecule has 0 atom stereocenters. The van der Waals surface area contributed by atoms with Crippen molar-refractivity contribution in [1.82, 2.24) is 0 Å². The fourth-order valence-corrected chi connectivity index (χ4v) is 6.34. The van der Waals surface area contributed by atoms with Gasteiger partial charge in [-0.1, -0.05) is 44.0 Å². The first-order valence-corrected chi connectivity index (χ1v) is 14.4. The zero-order chi connectivity index (χ0) is 29.2. The maximum absolute atomic E-state index is 14.9. The predicted molar refractivity (Wildman–Crippen MR) is 139 cm³/mol. The molecule has 0 radical (unpaired) electrons. The summed E-state index contributed by atoms with van der Waals surface area (Å²) in [5, 5.41) is 0. The number of alkyl halides is 5. The van der Waals surface area contributed by atoms with Crippen molar-refractivity contribution in [3.8, 4) is 11.5 Å². The van der Waals surface area contributed by atoms with E-state index in [9.17, 15) is 26.3 Å². The number of hydrogen-bond donors (Lipinski definition) is 0. The molecule has 5 rings (SSSR count). The van der Waals surface area contributed by atoms with Gasteiger partial charge in [0, 0.05) is 17.9 Å². The van der Waals surface area contributed by atoms with Crippen LogP contribution in [-0.4, -0.2) is 32.0 Å². The Bertz CT molecular complexity index is 1130. The Balaban J connectivity index is 1.08. The van der Waals surface area contributed by atoms with E-state index in [1.54, 1.807) is 0 Å². The zero-order valence-corrected chi connectivity index (χ0v) is 23.0. The van der Waals surface area contributed by atoms with Crippen LogP contribution in [0.3, 0.4) is 0 Å². The van der Waals surface area contributed by atoms with Gasteiger partial charge in [0.25, 0.3) is 0 Å². The van der Waals surface area contributed by atoms with E-state index < -0.39 is 42.0 Å². The third-order valence-electron chi connectivity index (χ3n) is 8.83. The second-order valence-corrected chi connectivity index (χ2v) is 11.8. The topological polar surface area (TPSA) is 36.9 Å². The molecule has 0 N–H and O–H groups in total. The number of ether oxygens (including phenoxy) is 4. The minimum atomic E-state index is -5.10. The summed E-state index contributed by atoms with van der Waals surface area (Å²) in [5.41, 5.74) is 2.57. The monoisotopic (exact) mass is 586 g/mol. The van der Waals surface area contributed by atoms with Crippen molar-refractivity contribution in [2.75, 3.05) is 13.2 Å². The Morgan fingerprint density at radius 1 is 0.707 bits per heavy atom. The van der Waals surface area contributed by atoms with E-state index in [1.807, 2.05) is 0 Å². The van der Waals surface area contributed by atoms with E-state index in [-0.39, 0.29) is 24.7 Å². The highest BCUT2D eigenvalue weighted by atomic mass is 19.4. The van der Waals surface area contributed by atoms with Crippen LogP contribution in [0.5, 0.6) is 11.5 Å². The van der Waals surface area contributed by atoms with Gasteiger partial charge in [0.2, 0.25) is 0 Å². The van der Waals surface area contributed by atoms with Gasteiger partial charge >= 0.3 is 12.5 Å². The van der Waals surface area contributed by atoms with E-state index in [0.29, 0.717) is 44.1 Å². The summed E-state index contributed by atoms with van der Waals surface area (Å²) >= 11 is 0. The van der Waals surface area contributed by atoms with Gasteiger partial charge < -0.3 is 18.9 Å². The number of hydrogen-bond acceptors (Lipinski definition) is 4. The quantitative estimate of drug-likeness (QED) is 0.304. The van der Waals surface area contributed by atoms with Gasteiger partial charge in [-0.25, -0.2) is 4.39 Å². The average Bonchev–Trinajstić information content (AvgIpc) is 2.94. The molecule has 3 fully saturated rings. The molecule has 226 valence electrons. The van der Waals surface area contributed by atoms with Crippen LogP contribution >= 0.6 is 0 Å². The first-order chi connectivity index (χ1) is 19.5. The number of benzene rings is 2. The lowest BCUT2D eigenvalue weighted by Crippen LogP contribution is -2.41. The Morgan fingerprint density at radius 2 is 1.29 bits per heavy atom. The van der Waals surface area contributed by atoms with Crippen LogP contribution in [-0.2, 0) is 9.47 Å². The maximum Gasteiger partial charge on any atom is 0.573 e. The molecule has 0 amide bonds. The highest BCUT2D eigenvalue weighted by Gasteiger charge is 2.46. The lowest BCUT2D eigenvalue weighted by Gasteiger charge is -2.39. The van der Waals surface area contributed by atoms with Crippen LogP contribution < -0.4 is 9.47 Å². The fraction of sp³-hybridized carbons (Fsp3) is 0.613. The largest absolute Gasteiger partial charge is 0.573 e. The molecule has 10 heteroatoms. The molecular weight excluding hydrogens is 550 g/mol. The van der Waals surface area contributed by atoms with E-state index in [4.69, 9.17) is 14.2 Å². The summed E-state index contributed by atoms with van der Waals surface area (Å²) in [4.78, 5) is 0. The predicted octanol–water partition coefficient (Wildman–Crippen LogP) is 8.95. The Labute approximate surface area is 236 Å². The van der Waals surface area contributed by atoms with E-state index in [0.717, 1.165) is 12.0 Å². The van der Waals surface area contributed by atoms with Crippen molar-refractivity contribution in [1.29, 1.82) is 0 Å². The molecule has 2 saturated carbocycles. The third-order valence-corrected chi connectivity index (χ3v) is 8.83. The summed E-state index contributed by atoms with van der Waals surface area (Å²) in [6.07, 6.45) is -2.96. The minimum Gasteiger partial charge on any atom is -0.432 e. The molecule has 0 aromatic heterocycles. The van der Waals surface area contributed by atoms with Crippen LogP contribution in [0.25, 0.3) is 0 Å². The van der Waals surface area contributed by atoms with Crippen molar-refractivity contribution in [3.05, 3.63) is 59.4 Å². The lowest BCUT2D eigenvalue weighted by molar-refractivity contribution is -0.275. The van der Waals surface area contributed by atoms with E-state index in [1.165, 1.54) is 36.8 Å². The van der Waals surface area contributed by atoms with Gasteiger partial charge in [-0.2, -0.15) is 8.78 Å². The van der Waals surface area contributed by atoms with Gasteiger partial charge in [0.05, 0.1) is 19.1 Å². The van der Waals surface area contributed by atoms with Crippen molar-refractivity contribution in [2.24, 2.45) is 17.8 Å². The second kappa shape index (κ2) is 12.4. The van der Waals surface area contributed by atoms with Crippen LogP contribution in [0.15, 0.2) is 42.5 Å². The van der Waals surface area contributed by atoms with Crippen molar-refractivity contribution < 1.29 is 45.3 Å². The fourth-order valence-electron chi connectivity index (χ4n) is 6.34. The van der Waals surface area contributed by atoms with Crippen molar-refractivity contribution in [2.45, 2.75) is 88.9 Å². The summed E-state index contributed by atoms with van der Waals surface area (Å²) in [6, 6.07) is 10.7. The summed E-state index contributed by atoms with van der Waals surface area (Å²) < 4.78 is 101. The molecule has 0 spiro atoms. The summed E-state index contributed by atoms with van der Waals surface area (Å²) in [7, 11) is 0. The van der Waals surface area contributed by atoms with Crippen LogP contribution in [0.2, 0.25) is 0 Å². The zero-order valence-electron chi connectivity index (χ0n) is 23.0. The Morgan fingerprint density at radius 3 is 1.85 bits per heavy atom. The lowest BCUT2D eigenvalue weighted by atomic mass is 9.79. The number of halogens is 6. The smallest absolute Gasteiger partial charge is 0.432 e. The van der Waals surface area contributed by atoms with Crippen LogP contribution in [0, 0.1) is 23.6 Å². The molecule has 2 aromatic carbocycles. The molecular formula is C31H36F6O4. The molecule has 1 aliphatic heterocycles. The van der Waals surface area contributed by atoms with Crippen molar-refractivity contribution in [3.63, 3.8) is 0 Å². The molecule has 41 heavy (non-hydrogen) atoms. The van der Waals surface area contributed by atoms with Crippen LogP contribution in [0.4, 0.5) is 26.3 Å². The molecule has 0 bridgehead atoms. The highest BCUT2D eigenvalue weighted by molar-refractivity contribution is 5.33.